The first-order valence-electron chi connectivity index (χ1n) is 2.93. The Bertz CT molecular complexity index is 242. The van der Waals surface area contributed by atoms with E-state index < -0.39 is 0 Å². The van der Waals surface area contributed by atoms with Crippen molar-refractivity contribution in [2.75, 3.05) is 0 Å². The lowest BCUT2D eigenvalue weighted by Gasteiger charge is -1.96. The Morgan fingerprint density at radius 1 is 1.73 bits per heavy atom. The van der Waals surface area contributed by atoms with E-state index in [2.05, 4.69) is 6.07 Å². The fraction of sp³-hybridized carbons (Fsp3) is 0. The Hall–Kier alpha value is -0.580. The summed E-state index contributed by atoms with van der Waals surface area (Å²) in [6.07, 6.45) is 1.05. The van der Waals surface area contributed by atoms with Gasteiger partial charge in [0.25, 0.3) is 0 Å². The van der Waals surface area contributed by atoms with Crippen molar-refractivity contribution >= 4 is 22.6 Å². The average molecular weight is 263 g/mol. The van der Waals surface area contributed by atoms with Crippen molar-refractivity contribution in [3.8, 4) is 5.75 Å². The summed E-state index contributed by atoms with van der Waals surface area (Å²) < 4.78 is 16.6. The molecule has 0 heterocycles. The normalized spacial score (nSPS) is 11.3. The Morgan fingerprint density at radius 2 is 2.55 bits per heavy atom. The predicted octanol–water partition coefficient (Wildman–Crippen LogP) is 3.07. The highest BCUT2D eigenvalue weighted by Crippen LogP contribution is 2.12. The van der Waals surface area contributed by atoms with Crippen molar-refractivity contribution in [1.29, 1.82) is 0 Å². The van der Waals surface area contributed by atoms with Gasteiger partial charge in [-0.15, -0.1) is 0 Å². The maximum Gasteiger partial charge on any atom is 0.195 e. The van der Waals surface area contributed by atoms with Crippen molar-refractivity contribution in [1.82, 2.24) is 0 Å². The molecule has 0 bridgehead atoms. The second-order valence-electron chi connectivity index (χ2n) is 1.76. The third-order valence-corrected chi connectivity index (χ3v) is 1.22. The Kier molecular flexibility index (Phi) is 3.35. The molecule has 0 aliphatic heterocycles. The van der Waals surface area contributed by atoms with Gasteiger partial charge in [0.05, 0.1) is 0 Å². The Labute approximate surface area is 78.0 Å². The molecular formula is C8H5FIO. The molecule has 0 fully saturated rings. The maximum atomic E-state index is 12.1. The summed E-state index contributed by atoms with van der Waals surface area (Å²) in [6.45, 7) is 0. The van der Waals surface area contributed by atoms with E-state index in [1.165, 1.54) is 22.6 Å². The molecule has 1 aromatic rings. The Balaban J connectivity index is 2.59. The first-order valence-corrected chi connectivity index (χ1v) is 4.01. The lowest BCUT2D eigenvalue weighted by molar-refractivity contribution is 0.464. The number of hydrogen-bond donors (Lipinski definition) is 0. The van der Waals surface area contributed by atoms with Crippen LogP contribution in [-0.2, 0) is 0 Å². The van der Waals surface area contributed by atoms with Gasteiger partial charge in [-0.25, -0.2) is 0 Å². The molecule has 0 aliphatic rings. The summed E-state index contributed by atoms with van der Waals surface area (Å²) in [5.41, 5.74) is 0. The highest BCUT2D eigenvalue weighted by atomic mass is 127. The van der Waals surface area contributed by atoms with Crippen molar-refractivity contribution in [2.45, 2.75) is 0 Å². The molecule has 0 saturated carbocycles. The van der Waals surface area contributed by atoms with Crippen LogP contribution in [0.15, 0.2) is 34.4 Å². The maximum absolute atomic E-state index is 12.1. The fourth-order valence-electron chi connectivity index (χ4n) is 0.563. The van der Waals surface area contributed by atoms with Gasteiger partial charge >= 0.3 is 0 Å². The highest BCUT2D eigenvalue weighted by molar-refractivity contribution is 14.1. The van der Waals surface area contributed by atoms with E-state index in [1.807, 2.05) is 0 Å². The van der Waals surface area contributed by atoms with E-state index in [9.17, 15) is 4.39 Å². The van der Waals surface area contributed by atoms with Crippen LogP contribution in [0.3, 0.4) is 0 Å². The molecule has 57 valence electrons. The van der Waals surface area contributed by atoms with Crippen molar-refractivity contribution in [3.63, 3.8) is 0 Å². The average Bonchev–Trinajstić information content (AvgIpc) is 2.03. The van der Waals surface area contributed by atoms with Crippen LogP contribution in [0.1, 0.15) is 0 Å². The summed E-state index contributed by atoms with van der Waals surface area (Å²) in [7, 11) is 0. The second kappa shape index (κ2) is 4.33. The van der Waals surface area contributed by atoms with E-state index in [0.29, 0.717) is 5.75 Å². The molecule has 1 aromatic carbocycles. The molecule has 3 heteroatoms. The molecule has 0 N–H and O–H groups in total. The van der Waals surface area contributed by atoms with Crippen LogP contribution >= 0.6 is 22.6 Å². The van der Waals surface area contributed by atoms with Crippen molar-refractivity contribution < 1.29 is 9.13 Å². The van der Waals surface area contributed by atoms with Gasteiger partial charge in [0.1, 0.15) is 12.0 Å². The van der Waals surface area contributed by atoms with Crippen LogP contribution in [0.2, 0.25) is 0 Å². The summed E-state index contributed by atoms with van der Waals surface area (Å²) >= 11 is 1.53. The van der Waals surface area contributed by atoms with Gasteiger partial charge in [-0.1, -0.05) is 12.1 Å². The number of hydrogen-bond acceptors (Lipinski definition) is 1. The number of rotatable bonds is 2. The van der Waals surface area contributed by atoms with Crippen LogP contribution in [0.25, 0.3) is 0 Å². The summed E-state index contributed by atoms with van der Waals surface area (Å²) in [5.74, 6) is 0.583. The number of benzene rings is 1. The summed E-state index contributed by atoms with van der Waals surface area (Å²) in [6, 6.07) is 9.69. The van der Waals surface area contributed by atoms with Gasteiger partial charge in [-0.2, -0.15) is 4.39 Å². The monoisotopic (exact) mass is 263 g/mol. The molecule has 1 nitrogen and oxygen atoms in total. The van der Waals surface area contributed by atoms with Gasteiger partial charge in [0.2, 0.25) is 0 Å². The van der Waals surface area contributed by atoms with Gasteiger partial charge in [0.15, 0.2) is 3.83 Å². The van der Waals surface area contributed by atoms with E-state index >= 15 is 0 Å². The molecule has 0 unspecified atom stereocenters. The third kappa shape index (κ3) is 3.36. The Morgan fingerprint density at radius 3 is 3.09 bits per heavy atom. The van der Waals surface area contributed by atoms with Gasteiger partial charge < -0.3 is 4.74 Å². The molecule has 0 aliphatic carbocycles. The van der Waals surface area contributed by atoms with Crippen LogP contribution in [0.5, 0.6) is 5.75 Å². The first kappa shape index (κ1) is 8.52. The lowest BCUT2D eigenvalue weighted by atomic mass is 10.3. The quantitative estimate of drug-likeness (QED) is 0.588. The zero-order valence-electron chi connectivity index (χ0n) is 5.55. The topological polar surface area (TPSA) is 9.23 Å². The minimum atomic E-state index is -0.383. The molecule has 11 heavy (non-hydrogen) atoms. The van der Waals surface area contributed by atoms with Gasteiger partial charge in [0, 0.05) is 0 Å². The molecule has 0 spiro atoms. The molecule has 0 saturated heterocycles. The lowest BCUT2D eigenvalue weighted by Crippen LogP contribution is -1.80. The van der Waals surface area contributed by atoms with E-state index in [-0.39, 0.29) is 3.83 Å². The SMILES string of the molecule is FC(I)=COc1c[c]ccc1. The van der Waals surface area contributed by atoms with Crippen molar-refractivity contribution in [2.24, 2.45) is 0 Å². The predicted molar refractivity (Wildman–Crippen MR) is 49.1 cm³/mol. The van der Waals surface area contributed by atoms with E-state index in [0.717, 1.165) is 6.26 Å². The molecule has 1 radical (unpaired) electrons. The standard InChI is InChI=1S/C8H5FIO/c9-8(10)6-11-7-4-2-1-3-5-7/h1-2,4-6H. The number of ether oxygens (including phenoxy) is 1. The minimum absolute atomic E-state index is 0.383. The first-order chi connectivity index (χ1) is 5.29. The van der Waals surface area contributed by atoms with Crippen LogP contribution in [0, 0.1) is 6.07 Å². The third-order valence-electron chi connectivity index (χ3n) is 0.963. The minimum Gasteiger partial charge on any atom is -0.461 e. The molecule has 0 aromatic heterocycles. The van der Waals surface area contributed by atoms with E-state index in [4.69, 9.17) is 4.74 Å². The molecule has 0 amide bonds. The van der Waals surface area contributed by atoms with Gasteiger partial charge in [-0.05, 0) is 40.8 Å². The van der Waals surface area contributed by atoms with Crippen LogP contribution < -0.4 is 4.74 Å². The highest BCUT2D eigenvalue weighted by Gasteiger charge is 1.88. The van der Waals surface area contributed by atoms with Gasteiger partial charge in [-0.3, -0.25) is 0 Å². The summed E-state index contributed by atoms with van der Waals surface area (Å²) in [4.78, 5) is 0. The molecular weight excluding hydrogens is 258 g/mol. The van der Waals surface area contributed by atoms with Crippen LogP contribution in [0.4, 0.5) is 4.39 Å². The van der Waals surface area contributed by atoms with E-state index in [1.54, 1.807) is 24.3 Å². The smallest absolute Gasteiger partial charge is 0.195 e. The fourth-order valence-corrected chi connectivity index (χ4v) is 0.690. The van der Waals surface area contributed by atoms with Crippen LogP contribution in [-0.4, -0.2) is 0 Å². The zero-order chi connectivity index (χ0) is 8.10. The largest absolute Gasteiger partial charge is 0.461 e. The number of halogens is 2. The second-order valence-corrected chi connectivity index (χ2v) is 2.80. The zero-order valence-corrected chi connectivity index (χ0v) is 7.71. The summed E-state index contributed by atoms with van der Waals surface area (Å²) in [5, 5.41) is 0. The molecule has 1 rings (SSSR count). The molecule has 0 atom stereocenters. The van der Waals surface area contributed by atoms with Crippen molar-refractivity contribution in [3.05, 3.63) is 40.4 Å².